The Morgan fingerprint density at radius 1 is 1.27 bits per heavy atom. The number of rotatable bonds is 6. The number of hydrogen-bond donors (Lipinski definition) is 1. The Labute approximate surface area is 199 Å². The molecule has 1 aromatic carbocycles. The van der Waals surface area contributed by atoms with E-state index in [0.29, 0.717) is 18.7 Å². The van der Waals surface area contributed by atoms with Crippen molar-refractivity contribution in [2.45, 2.75) is 26.4 Å². The number of aliphatic imine (C=N–C) groups is 1. The lowest BCUT2D eigenvalue weighted by Gasteiger charge is -2.36. The highest BCUT2D eigenvalue weighted by Gasteiger charge is 2.22. The number of aryl methyl sites for hydroxylation is 1. The molecule has 7 nitrogen and oxygen atoms in total. The van der Waals surface area contributed by atoms with E-state index in [1.165, 1.54) is 11.5 Å². The van der Waals surface area contributed by atoms with E-state index in [1.807, 2.05) is 31.1 Å². The maximum atomic E-state index is 14.0. The van der Waals surface area contributed by atoms with Crippen LogP contribution in [0.2, 0.25) is 0 Å². The van der Waals surface area contributed by atoms with E-state index in [4.69, 9.17) is 0 Å². The molecular weight excluding hydrogens is 516 g/mol. The second-order valence-electron chi connectivity index (χ2n) is 7.39. The van der Waals surface area contributed by atoms with Crippen LogP contribution in [0.3, 0.4) is 0 Å². The first kappa shape index (κ1) is 24.7. The second kappa shape index (κ2) is 11.8. The molecule has 0 atom stereocenters. The van der Waals surface area contributed by atoms with Crippen LogP contribution in [-0.2, 0) is 19.5 Å². The standard InChI is InChI=1S/C20H30FN7S.HI/c1-5-18-24-20(29-25-18)28-10-8-27(9-11-28)19(22-2)23-13-15-6-7-17(21)16(12-15)14-26(3)4;/h6-7,12H,5,8-11,13-14H2,1-4H3,(H,22,23);1H. The van der Waals surface area contributed by atoms with Gasteiger partial charge < -0.3 is 20.0 Å². The summed E-state index contributed by atoms with van der Waals surface area (Å²) in [6, 6.07) is 5.30. The largest absolute Gasteiger partial charge is 0.352 e. The maximum Gasteiger partial charge on any atom is 0.205 e. The van der Waals surface area contributed by atoms with Crippen LogP contribution in [0.1, 0.15) is 23.9 Å². The molecule has 1 saturated heterocycles. The molecule has 2 heterocycles. The van der Waals surface area contributed by atoms with E-state index in [9.17, 15) is 4.39 Å². The molecule has 1 aromatic heterocycles. The molecule has 10 heteroatoms. The first-order valence-corrected chi connectivity index (χ1v) is 10.7. The molecule has 0 radical (unpaired) electrons. The molecule has 166 valence electrons. The van der Waals surface area contributed by atoms with Gasteiger partial charge >= 0.3 is 0 Å². The zero-order valence-corrected chi connectivity index (χ0v) is 21.2. The fraction of sp³-hybridized carbons (Fsp3) is 0.550. The molecule has 0 unspecified atom stereocenters. The number of nitrogens with zero attached hydrogens (tertiary/aromatic N) is 6. The number of benzene rings is 1. The number of anilines is 1. The zero-order valence-electron chi connectivity index (χ0n) is 18.1. The van der Waals surface area contributed by atoms with Crippen LogP contribution in [0.15, 0.2) is 23.2 Å². The van der Waals surface area contributed by atoms with Gasteiger partial charge in [-0.2, -0.15) is 4.37 Å². The lowest BCUT2D eigenvalue weighted by molar-refractivity contribution is 0.372. The minimum absolute atomic E-state index is 0. The van der Waals surface area contributed by atoms with Crippen molar-refractivity contribution in [2.75, 3.05) is 52.2 Å². The molecule has 0 amide bonds. The Kier molecular flexibility index (Phi) is 9.69. The minimum atomic E-state index is -0.161. The van der Waals surface area contributed by atoms with Gasteiger partial charge in [0, 0.05) is 69.8 Å². The third kappa shape index (κ3) is 6.48. The van der Waals surface area contributed by atoms with Crippen molar-refractivity contribution < 1.29 is 4.39 Å². The first-order valence-electron chi connectivity index (χ1n) is 9.95. The molecule has 0 saturated carbocycles. The van der Waals surface area contributed by atoms with Crippen molar-refractivity contribution in [1.29, 1.82) is 0 Å². The first-order chi connectivity index (χ1) is 14.0. The van der Waals surface area contributed by atoms with Crippen LogP contribution in [0, 0.1) is 5.82 Å². The van der Waals surface area contributed by atoms with Crippen LogP contribution < -0.4 is 10.2 Å². The van der Waals surface area contributed by atoms with Crippen LogP contribution >= 0.6 is 35.5 Å². The van der Waals surface area contributed by atoms with Gasteiger partial charge in [-0.25, -0.2) is 9.37 Å². The fourth-order valence-corrected chi connectivity index (χ4v) is 4.14. The third-order valence-electron chi connectivity index (χ3n) is 4.88. The Morgan fingerprint density at radius 3 is 2.60 bits per heavy atom. The molecule has 1 fully saturated rings. The summed E-state index contributed by atoms with van der Waals surface area (Å²) in [5.74, 6) is 1.62. The molecule has 30 heavy (non-hydrogen) atoms. The molecule has 1 aliphatic heterocycles. The number of piperazine rings is 1. The Hall–Kier alpha value is -1.53. The molecule has 0 bridgehead atoms. The number of halogens is 2. The Balaban J connectivity index is 0.00000320. The molecule has 1 N–H and O–H groups in total. The highest BCUT2D eigenvalue weighted by Crippen LogP contribution is 2.19. The Bertz CT molecular complexity index is 834. The normalized spacial score (nSPS) is 14.8. The van der Waals surface area contributed by atoms with Gasteiger partial charge in [-0.05, 0) is 31.8 Å². The van der Waals surface area contributed by atoms with Crippen molar-refractivity contribution in [1.82, 2.24) is 24.5 Å². The average Bonchev–Trinajstić information content (AvgIpc) is 3.20. The van der Waals surface area contributed by atoms with Crippen molar-refractivity contribution in [3.8, 4) is 0 Å². The quantitative estimate of drug-likeness (QED) is 0.341. The highest BCUT2D eigenvalue weighted by molar-refractivity contribution is 14.0. The summed E-state index contributed by atoms with van der Waals surface area (Å²) in [6.07, 6.45) is 0.868. The molecule has 0 spiro atoms. The van der Waals surface area contributed by atoms with Gasteiger partial charge in [-0.15, -0.1) is 24.0 Å². The Morgan fingerprint density at radius 2 is 2.00 bits per heavy atom. The van der Waals surface area contributed by atoms with Crippen LogP contribution in [0.5, 0.6) is 0 Å². The van der Waals surface area contributed by atoms with Gasteiger partial charge in [-0.1, -0.05) is 13.0 Å². The molecular formula is C20H31FIN7S. The van der Waals surface area contributed by atoms with Gasteiger partial charge in [0.25, 0.3) is 0 Å². The van der Waals surface area contributed by atoms with Gasteiger partial charge in [0.2, 0.25) is 5.13 Å². The molecule has 1 aliphatic rings. The van der Waals surface area contributed by atoms with Crippen LogP contribution in [0.25, 0.3) is 0 Å². The zero-order chi connectivity index (χ0) is 20.8. The second-order valence-corrected chi connectivity index (χ2v) is 8.12. The van der Waals surface area contributed by atoms with Crippen molar-refractivity contribution in [2.24, 2.45) is 4.99 Å². The van der Waals surface area contributed by atoms with Crippen molar-refractivity contribution in [3.63, 3.8) is 0 Å². The lowest BCUT2D eigenvalue weighted by Crippen LogP contribution is -2.52. The fourth-order valence-electron chi connectivity index (χ4n) is 3.34. The number of nitrogens with one attached hydrogen (secondary N) is 1. The average molecular weight is 547 g/mol. The molecule has 2 aromatic rings. The number of guanidine groups is 1. The van der Waals surface area contributed by atoms with E-state index in [0.717, 1.165) is 55.1 Å². The summed E-state index contributed by atoms with van der Waals surface area (Å²) in [6.45, 7) is 6.80. The highest BCUT2D eigenvalue weighted by atomic mass is 127. The maximum absolute atomic E-state index is 14.0. The summed E-state index contributed by atoms with van der Waals surface area (Å²) in [4.78, 5) is 15.5. The summed E-state index contributed by atoms with van der Waals surface area (Å²) < 4.78 is 18.4. The van der Waals surface area contributed by atoms with Gasteiger partial charge in [0.15, 0.2) is 5.96 Å². The van der Waals surface area contributed by atoms with E-state index in [1.54, 1.807) is 13.1 Å². The van der Waals surface area contributed by atoms with Crippen LogP contribution in [0.4, 0.5) is 9.52 Å². The SMILES string of the molecule is CCc1nsc(N2CCN(C(=NC)NCc3ccc(F)c(CN(C)C)c3)CC2)n1.I. The summed E-state index contributed by atoms with van der Waals surface area (Å²) >= 11 is 1.48. The summed E-state index contributed by atoms with van der Waals surface area (Å²) in [5.41, 5.74) is 1.75. The van der Waals surface area contributed by atoms with E-state index in [2.05, 4.69) is 36.4 Å². The van der Waals surface area contributed by atoms with E-state index in [-0.39, 0.29) is 29.8 Å². The topological polar surface area (TPSA) is 59.9 Å². The monoisotopic (exact) mass is 547 g/mol. The van der Waals surface area contributed by atoms with Gasteiger partial charge in [0.1, 0.15) is 11.6 Å². The van der Waals surface area contributed by atoms with E-state index >= 15 is 0 Å². The lowest BCUT2D eigenvalue weighted by atomic mass is 10.1. The molecule has 3 rings (SSSR count). The van der Waals surface area contributed by atoms with Crippen molar-refractivity contribution in [3.05, 3.63) is 41.0 Å². The number of hydrogen-bond acceptors (Lipinski definition) is 6. The van der Waals surface area contributed by atoms with Gasteiger partial charge in [-0.3, -0.25) is 4.99 Å². The molecule has 0 aliphatic carbocycles. The number of aromatic nitrogens is 2. The summed E-state index contributed by atoms with van der Waals surface area (Å²) in [5, 5.41) is 4.42. The minimum Gasteiger partial charge on any atom is -0.352 e. The predicted molar refractivity (Wildman–Crippen MR) is 132 cm³/mol. The smallest absolute Gasteiger partial charge is 0.205 e. The third-order valence-corrected chi connectivity index (χ3v) is 5.70. The summed E-state index contributed by atoms with van der Waals surface area (Å²) in [7, 11) is 5.68. The predicted octanol–water partition coefficient (Wildman–Crippen LogP) is 2.82. The van der Waals surface area contributed by atoms with E-state index < -0.39 is 0 Å². The van der Waals surface area contributed by atoms with Crippen molar-refractivity contribution >= 4 is 46.6 Å². The van der Waals surface area contributed by atoms with Crippen LogP contribution in [-0.4, -0.2) is 72.4 Å². The van der Waals surface area contributed by atoms with Gasteiger partial charge in [0.05, 0.1) is 0 Å².